The summed E-state index contributed by atoms with van der Waals surface area (Å²) < 4.78 is 5.16. The lowest BCUT2D eigenvalue weighted by molar-refractivity contribution is 0.0527. The van der Waals surface area contributed by atoms with Gasteiger partial charge in [-0.05, 0) is 45.0 Å². The number of aryl methyl sites for hydroxylation is 2. The van der Waals surface area contributed by atoms with Gasteiger partial charge >= 0.3 is 5.97 Å². The van der Waals surface area contributed by atoms with Crippen molar-refractivity contribution in [2.24, 2.45) is 0 Å². The number of fused-ring (bicyclic) bond motifs is 1. The average Bonchev–Trinajstić information content (AvgIpc) is 2.57. The minimum absolute atomic E-state index is 0.312. The molecule has 0 bridgehead atoms. The lowest BCUT2D eigenvalue weighted by atomic mass is 10.1. The summed E-state index contributed by atoms with van der Waals surface area (Å²) in [7, 11) is 0. The molecule has 0 unspecified atom stereocenters. The van der Waals surface area contributed by atoms with E-state index in [4.69, 9.17) is 4.74 Å². The first-order valence-corrected chi connectivity index (χ1v) is 7.85. The zero-order valence-corrected chi connectivity index (χ0v) is 14.0. The number of carbonyl (C=O) groups excluding carboxylic acids is 1. The van der Waals surface area contributed by atoms with Crippen LogP contribution in [0.15, 0.2) is 42.6 Å². The Hall–Kier alpha value is -2.95. The Balaban J connectivity index is 2.14. The summed E-state index contributed by atoms with van der Waals surface area (Å²) in [6.45, 7) is 6.03. The number of pyridine rings is 2. The number of hydrogen-bond acceptors (Lipinski definition) is 5. The Labute approximate surface area is 140 Å². The third kappa shape index (κ3) is 3.20. The normalized spacial score (nSPS) is 10.6. The van der Waals surface area contributed by atoms with E-state index >= 15 is 0 Å². The zero-order chi connectivity index (χ0) is 17.1. The van der Waals surface area contributed by atoms with E-state index in [0.29, 0.717) is 23.5 Å². The van der Waals surface area contributed by atoms with E-state index in [1.807, 2.05) is 50.2 Å². The van der Waals surface area contributed by atoms with E-state index in [1.54, 1.807) is 6.92 Å². The van der Waals surface area contributed by atoms with Gasteiger partial charge in [-0.2, -0.15) is 0 Å². The van der Waals surface area contributed by atoms with Crippen molar-refractivity contribution in [2.75, 3.05) is 11.9 Å². The Morgan fingerprint density at radius 3 is 2.58 bits per heavy atom. The van der Waals surface area contributed by atoms with Crippen LogP contribution in [0.3, 0.4) is 0 Å². The molecule has 0 fully saturated rings. The first-order chi connectivity index (χ1) is 11.6. The van der Waals surface area contributed by atoms with E-state index in [2.05, 4.69) is 15.3 Å². The quantitative estimate of drug-likeness (QED) is 0.731. The van der Waals surface area contributed by atoms with Gasteiger partial charge in [0.05, 0.1) is 12.3 Å². The minimum Gasteiger partial charge on any atom is -0.462 e. The third-order valence-electron chi connectivity index (χ3n) is 3.69. The van der Waals surface area contributed by atoms with Gasteiger partial charge in [0.25, 0.3) is 0 Å². The highest BCUT2D eigenvalue weighted by molar-refractivity contribution is 6.05. The minimum atomic E-state index is -0.401. The van der Waals surface area contributed by atoms with E-state index in [0.717, 1.165) is 16.8 Å². The van der Waals surface area contributed by atoms with Crippen molar-refractivity contribution < 1.29 is 9.53 Å². The van der Waals surface area contributed by atoms with Crippen LogP contribution in [0.2, 0.25) is 0 Å². The van der Waals surface area contributed by atoms with E-state index in [1.165, 1.54) is 11.8 Å². The van der Waals surface area contributed by atoms with Crippen molar-refractivity contribution in [1.29, 1.82) is 0 Å². The van der Waals surface area contributed by atoms with Gasteiger partial charge in [-0.15, -0.1) is 0 Å². The molecule has 0 aliphatic carbocycles. The summed E-state index contributed by atoms with van der Waals surface area (Å²) in [5, 5.41) is 4.10. The molecule has 0 atom stereocenters. The summed E-state index contributed by atoms with van der Waals surface area (Å²) >= 11 is 0. The number of anilines is 2. The molecule has 0 aliphatic heterocycles. The largest absolute Gasteiger partial charge is 0.462 e. The predicted molar refractivity (Wildman–Crippen MR) is 94.7 cm³/mol. The molecule has 0 aliphatic rings. The van der Waals surface area contributed by atoms with Crippen molar-refractivity contribution in [3.63, 3.8) is 0 Å². The van der Waals surface area contributed by atoms with Gasteiger partial charge < -0.3 is 10.1 Å². The van der Waals surface area contributed by atoms with Gasteiger partial charge in [0.1, 0.15) is 5.56 Å². The SMILES string of the molecule is CCOC(=O)c1cnc2nc(C)ccc2c1Nc1ccc(C)cc1. The van der Waals surface area contributed by atoms with E-state index in [-0.39, 0.29) is 0 Å². The maximum atomic E-state index is 12.3. The summed E-state index contributed by atoms with van der Waals surface area (Å²) in [6.07, 6.45) is 1.52. The summed E-state index contributed by atoms with van der Waals surface area (Å²) in [5.74, 6) is -0.401. The number of nitrogens with zero attached hydrogens (tertiary/aromatic N) is 2. The molecule has 3 aromatic rings. The third-order valence-corrected chi connectivity index (χ3v) is 3.69. The lowest BCUT2D eigenvalue weighted by Gasteiger charge is -2.14. The van der Waals surface area contributed by atoms with Gasteiger partial charge in [-0.3, -0.25) is 0 Å². The number of rotatable bonds is 4. The van der Waals surface area contributed by atoms with Crippen LogP contribution in [0.1, 0.15) is 28.5 Å². The van der Waals surface area contributed by atoms with Gasteiger partial charge in [0.2, 0.25) is 0 Å². The molecule has 122 valence electrons. The first kappa shape index (κ1) is 15.9. The molecule has 0 radical (unpaired) electrons. The maximum absolute atomic E-state index is 12.3. The molecule has 1 aromatic carbocycles. The van der Waals surface area contributed by atoms with Crippen molar-refractivity contribution in [1.82, 2.24) is 9.97 Å². The molecule has 0 saturated carbocycles. The smallest absolute Gasteiger partial charge is 0.341 e. The average molecular weight is 321 g/mol. The number of carbonyl (C=O) groups is 1. The predicted octanol–water partition coefficient (Wildman–Crippen LogP) is 4.17. The molecular formula is C19H19N3O2. The van der Waals surface area contributed by atoms with Gasteiger partial charge in [-0.1, -0.05) is 17.7 Å². The Morgan fingerprint density at radius 1 is 1.12 bits per heavy atom. The van der Waals surface area contributed by atoms with Crippen LogP contribution in [0.5, 0.6) is 0 Å². The molecule has 0 saturated heterocycles. The van der Waals surface area contributed by atoms with Gasteiger partial charge in [0, 0.05) is 23.0 Å². The standard InChI is InChI=1S/C19H19N3O2/c1-4-24-19(23)16-11-20-18-15(10-7-13(3)21-18)17(16)22-14-8-5-12(2)6-9-14/h5-11H,4H2,1-3H3,(H,20,21,22). The monoisotopic (exact) mass is 321 g/mol. The fourth-order valence-corrected chi connectivity index (χ4v) is 2.45. The fraction of sp³-hybridized carbons (Fsp3) is 0.211. The highest BCUT2D eigenvalue weighted by atomic mass is 16.5. The Kier molecular flexibility index (Phi) is 4.42. The van der Waals surface area contributed by atoms with Crippen LogP contribution in [0.4, 0.5) is 11.4 Å². The van der Waals surface area contributed by atoms with Gasteiger partial charge in [-0.25, -0.2) is 14.8 Å². The second-order valence-electron chi connectivity index (χ2n) is 5.58. The highest BCUT2D eigenvalue weighted by Gasteiger charge is 2.17. The van der Waals surface area contributed by atoms with Crippen LogP contribution in [-0.2, 0) is 4.74 Å². The molecule has 24 heavy (non-hydrogen) atoms. The number of aromatic nitrogens is 2. The second kappa shape index (κ2) is 6.66. The number of nitrogens with one attached hydrogen (secondary N) is 1. The zero-order valence-electron chi connectivity index (χ0n) is 14.0. The second-order valence-corrected chi connectivity index (χ2v) is 5.58. The Morgan fingerprint density at radius 2 is 1.88 bits per heavy atom. The Bertz CT molecular complexity index is 889. The fourth-order valence-electron chi connectivity index (χ4n) is 2.45. The van der Waals surface area contributed by atoms with Crippen LogP contribution in [0.25, 0.3) is 11.0 Å². The van der Waals surface area contributed by atoms with Crippen molar-refractivity contribution >= 4 is 28.4 Å². The van der Waals surface area contributed by atoms with Crippen molar-refractivity contribution in [3.8, 4) is 0 Å². The number of esters is 1. The van der Waals surface area contributed by atoms with Crippen LogP contribution < -0.4 is 5.32 Å². The molecule has 1 N–H and O–H groups in total. The molecule has 2 aromatic heterocycles. The van der Waals surface area contributed by atoms with Crippen molar-refractivity contribution in [3.05, 3.63) is 59.4 Å². The molecular weight excluding hydrogens is 302 g/mol. The summed E-state index contributed by atoms with van der Waals surface area (Å²) in [6, 6.07) is 11.8. The summed E-state index contributed by atoms with van der Waals surface area (Å²) in [4.78, 5) is 21.0. The number of hydrogen-bond donors (Lipinski definition) is 1. The first-order valence-electron chi connectivity index (χ1n) is 7.85. The van der Waals surface area contributed by atoms with Crippen LogP contribution in [-0.4, -0.2) is 22.5 Å². The number of ether oxygens (including phenoxy) is 1. The molecule has 5 nitrogen and oxygen atoms in total. The topological polar surface area (TPSA) is 64.1 Å². The van der Waals surface area contributed by atoms with Gasteiger partial charge in [0.15, 0.2) is 5.65 Å². The van der Waals surface area contributed by atoms with Crippen LogP contribution >= 0.6 is 0 Å². The molecule has 0 amide bonds. The highest BCUT2D eigenvalue weighted by Crippen LogP contribution is 2.29. The van der Waals surface area contributed by atoms with E-state index in [9.17, 15) is 4.79 Å². The molecule has 3 rings (SSSR count). The molecule has 5 heteroatoms. The maximum Gasteiger partial charge on any atom is 0.341 e. The van der Waals surface area contributed by atoms with E-state index < -0.39 is 5.97 Å². The summed E-state index contributed by atoms with van der Waals surface area (Å²) in [5.41, 5.74) is 4.59. The number of benzene rings is 1. The van der Waals surface area contributed by atoms with Crippen molar-refractivity contribution in [2.45, 2.75) is 20.8 Å². The van der Waals surface area contributed by atoms with Crippen LogP contribution in [0, 0.1) is 13.8 Å². The molecule has 0 spiro atoms. The molecule has 2 heterocycles. The lowest BCUT2D eigenvalue weighted by Crippen LogP contribution is -2.09.